The van der Waals surface area contributed by atoms with E-state index in [4.69, 9.17) is 0 Å². The smallest absolute Gasteiger partial charge is 0.240 e. The number of carbonyl (C=O) groups is 1. The van der Waals surface area contributed by atoms with Crippen molar-refractivity contribution in [2.24, 2.45) is 0 Å². The quantitative estimate of drug-likeness (QED) is 0.603. The predicted octanol–water partition coefficient (Wildman–Crippen LogP) is 3.22. The lowest BCUT2D eigenvalue weighted by Gasteiger charge is -2.25. The molecular formula is C22H31N3O3S. The molecule has 0 saturated carbocycles. The molecule has 0 aliphatic carbocycles. The Labute approximate surface area is 174 Å². The molecule has 2 aromatic rings. The minimum atomic E-state index is -3.58. The summed E-state index contributed by atoms with van der Waals surface area (Å²) >= 11 is 0. The topological polar surface area (TPSA) is 69.7 Å². The van der Waals surface area contributed by atoms with Crippen LogP contribution in [-0.2, 0) is 14.8 Å². The number of nitrogens with one attached hydrogen (secondary N) is 1. The molecule has 0 aliphatic rings. The maximum atomic E-state index is 12.4. The number of para-hydroxylation sites is 2. The van der Waals surface area contributed by atoms with Gasteiger partial charge in [0.1, 0.15) is 6.54 Å². The van der Waals surface area contributed by atoms with E-state index in [1.165, 1.54) is 4.31 Å². The minimum Gasteiger partial charge on any atom is -0.375 e. The number of hydrogen-bond donors (Lipinski definition) is 1. The lowest BCUT2D eigenvalue weighted by Crippen LogP contribution is -2.41. The summed E-state index contributed by atoms with van der Waals surface area (Å²) in [6.07, 6.45) is 1.89. The first-order chi connectivity index (χ1) is 13.7. The van der Waals surface area contributed by atoms with Gasteiger partial charge in [-0.1, -0.05) is 50.2 Å². The number of carbonyl (C=O) groups excluding carboxylic acids is 1. The van der Waals surface area contributed by atoms with Crippen LogP contribution in [0.25, 0.3) is 0 Å². The van der Waals surface area contributed by atoms with Crippen LogP contribution >= 0.6 is 0 Å². The normalized spacial score (nSPS) is 11.3. The molecule has 0 aliphatic heterocycles. The first kappa shape index (κ1) is 22.7. The summed E-state index contributed by atoms with van der Waals surface area (Å²) in [5.74, 6) is -0.164. The molecule has 158 valence electrons. The van der Waals surface area contributed by atoms with Crippen LogP contribution in [0.5, 0.6) is 0 Å². The van der Waals surface area contributed by atoms with Gasteiger partial charge in [-0.3, -0.25) is 9.10 Å². The molecule has 0 spiro atoms. The summed E-state index contributed by atoms with van der Waals surface area (Å²) < 4.78 is 25.9. The molecule has 0 heterocycles. The van der Waals surface area contributed by atoms with Gasteiger partial charge in [0.2, 0.25) is 15.9 Å². The largest absolute Gasteiger partial charge is 0.375 e. The van der Waals surface area contributed by atoms with Gasteiger partial charge in [-0.15, -0.1) is 0 Å². The second kappa shape index (κ2) is 10.3. The van der Waals surface area contributed by atoms with Crippen LogP contribution in [0, 0.1) is 0 Å². The lowest BCUT2D eigenvalue weighted by molar-refractivity contribution is -0.119. The van der Waals surface area contributed by atoms with Gasteiger partial charge in [-0.05, 0) is 36.1 Å². The Morgan fingerprint density at radius 1 is 1.03 bits per heavy atom. The summed E-state index contributed by atoms with van der Waals surface area (Å²) in [7, 11) is -1.58. The molecule has 0 fully saturated rings. The average Bonchev–Trinajstić information content (AvgIpc) is 2.69. The van der Waals surface area contributed by atoms with E-state index in [9.17, 15) is 13.2 Å². The summed E-state index contributed by atoms with van der Waals surface area (Å²) in [5, 5.41) is 2.84. The Balaban J connectivity index is 1.94. The van der Waals surface area contributed by atoms with Gasteiger partial charge in [0.05, 0.1) is 11.9 Å². The van der Waals surface area contributed by atoms with Gasteiger partial charge < -0.3 is 10.2 Å². The van der Waals surface area contributed by atoms with Gasteiger partial charge in [-0.25, -0.2) is 8.42 Å². The Hall–Kier alpha value is -2.54. The van der Waals surface area contributed by atoms with E-state index in [1.54, 1.807) is 12.1 Å². The number of sulfonamides is 1. The third-order valence-electron chi connectivity index (χ3n) is 4.70. The standard InChI is InChI=1S/C22H31N3O3S/c1-18(2)20-13-8-9-14-21(20)25(29(4,27)28)17-22(26)23-15-10-16-24(3)19-11-6-5-7-12-19/h5-9,11-14,18H,10,15-17H2,1-4H3,(H,23,26). The van der Waals surface area contributed by atoms with E-state index in [2.05, 4.69) is 10.2 Å². The highest BCUT2D eigenvalue weighted by Gasteiger charge is 2.23. The van der Waals surface area contributed by atoms with Crippen LogP contribution in [-0.4, -0.2) is 47.3 Å². The van der Waals surface area contributed by atoms with Crippen molar-refractivity contribution in [1.82, 2.24) is 5.32 Å². The van der Waals surface area contributed by atoms with Crippen molar-refractivity contribution in [3.05, 3.63) is 60.2 Å². The van der Waals surface area contributed by atoms with Crippen LogP contribution in [0.15, 0.2) is 54.6 Å². The molecule has 2 rings (SSSR count). The molecule has 7 heteroatoms. The van der Waals surface area contributed by atoms with Gasteiger partial charge in [0.15, 0.2) is 0 Å². The van der Waals surface area contributed by atoms with Gasteiger partial charge in [0.25, 0.3) is 0 Å². The van der Waals surface area contributed by atoms with Crippen LogP contribution in [0.3, 0.4) is 0 Å². The molecule has 6 nitrogen and oxygen atoms in total. The maximum Gasteiger partial charge on any atom is 0.240 e. The van der Waals surface area contributed by atoms with Crippen molar-refractivity contribution >= 4 is 27.3 Å². The highest BCUT2D eigenvalue weighted by atomic mass is 32.2. The summed E-state index contributed by atoms with van der Waals surface area (Å²) in [4.78, 5) is 14.6. The van der Waals surface area contributed by atoms with Crippen LogP contribution in [0.4, 0.5) is 11.4 Å². The lowest BCUT2D eigenvalue weighted by atomic mass is 10.0. The SMILES string of the molecule is CC(C)c1ccccc1N(CC(=O)NCCCN(C)c1ccccc1)S(C)(=O)=O. The number of nitrogens with zero attached hydrogens (tertiary/aromatic N) is 2. The third-order valence-corrected chi connectivity index (χ3v) is 5.83. The number of hydrogen-bond acceptors (Lipinski definition) is 4. The zero-order chi connectivity index (χ0) is 21.4. The fourth-order valence-electron chi connectivity index (χ4n) is 3.13. The molecule has 1 N–H and O–H groups in total. The second-order valence-electron chi connectivity index (χ2n) is 7.44. The van der Waals surface area contributed by atoms with Crippen molar-refractivity contribution in [2.75, 3.05) is 42.1 Å². The molecule has 1 amide bonds. The Kier molecular flexibility index (Phi) is 8.08. The Morgan fingerprint density at radius 2 is 1.66 bits per heavy atom. The molecule has 0 aromatic heterocycles. The first-order valence-corrected chi connectivity index (χ1v) is 11.6. The fraction of sp³-hybridized carbons (Fsp3) is 0.409. The summed E-state index contributed by atoms with van der Waals surface area (Å²) in [6, 6.07) is 17.3. The number of amides is 1. The fourth-order valence-corrected chi connectivity index (χ4v) is 4.00. The second-order valence-corrected chi connectivity index (χ2v) is 9.35. The average molecular weight is 418 g/mol. The van der Waals surface area contributed by atoms with Crippen molar-refractivity contribution in [3.8, 4) is 0 Å². The number of rotatable bonds is 10. The minimum absolute atomic E-state index is 0.145. The predicted molar refractivity (Wildman–Crippen MR) is 120 cm³/mol. The highest BCUT2D eigenvalue weighted by molar-refractivity contribution is 7.92. The summed E-state index contributed by atoms with van der Waals surface area (Å²) in [5.41, 5.74) is 2.58. The van der Waals surface area contributed by atoms with Gasteiger partial charge >= 0.3 is 0 Å². The van der Waals surface area contributed by atoms with Gasteiger partial charge in [-0.2, -0.15) is 0 Å². The van der Waals surface area contributed by atoms with Crippen LogP contribution in [0.1, 0.15) is 31.7 Å². The molecule has 0 unspecified atom stereocenters. The van der Waals surface area contributed by atoms with Crippen molar-refractivity contribution in [1.29, 1.82) is 0 Å². The van der Waals surface area contributed by atoms with E-state index in [0.717, 1.165) is 30.5 Å². The van der Waals surface area contributed by atoms with Crippen molar-refractivity contribution in [3.63, 3.8) is 0 Å². The zero-order valence-corrected chi connectivity index (χ0v) is 18.4. The van der Waals surface area contributed by atoms with E-state index in [-0.39, 0.29) is 18.4 Å². The molecule has 0 radical (unpaired) electrons. The third kappa shape index (κ3) is 6.78. The molecule has 0 atom stereocenters. The van der Waals surface area contributed by atoms with E-state index < -0.39 is 10.0 Å². The van der Waals surface area contributed by atoms with Gasteiger partial charge in [0, 0.05) is 25.8 Å². The monoisotopic (exact) mass is 417 g/mol. The molecule has 29 heavy (non-hydrogen) atoms. The maximum absolute atomic E-state index is 12.4. The van der Waals surface area contributed by atoms with E-state index in [0.29, 0.717) is 12.2 Å². The van der Waals surface area contributed by atoms with Crippen molar-refractivity contribution in [2.45, 2.75) is 26.2 Å². The molecular weight excluding hydrogens is 386 g/mol. The van der Waals surface area contributed by atoms with E-state index in [1.807, 2.05) is 63.4 Å². The first-order valence-electron chi connectivity index (χ1n) is 9.79. The Bertz CT molecular complexity index is 899. The molecule has 0 saturated heterocycles. The zero-order valence-electron chi connectivity index (χ0n) is 17.6. The van der Waals surface area contributed by atoms with Crippen molar-refractivity contribution < 1.29 is 13.2 Å². The Morgan fingerprint density at radius 3 is 2.28 bits per heavy atom. The van der Waals surface area contributed by atoms with Crippen LogP contribution in [0.2, 0.25) is 0 Å². The highest BCUT2D eigenvalue weighted by Crippen LogP contribution is 2.28. The summed E-state index contributed by atoms with van der Waals surface area (Å²) in [6.45, 7) is 5.05. The number of benzene rings is 2. The van der Waals surface area contributed by atoms with Crippen LogP contribution < -0.4 is 14.5 Å². The number of anilines is 2. The molecule has 0 bridgehead atoms. The van der Waals surface area contributed by atoms with E-state index >= 15 is 0 Å². The molecule has 2 aromatic carbocycles.